The third-order valence-corrected chi connectivity index (χ3v) is 2.33. The van der Waals surface area contributed by atoms with E-state index in [4.69, 9.17) is 4.42 Å². The van der Waals surface area contributed by atoms with Gasteiger partial charge in [0.05, 0.1) is 13.7 Å². The first-order chi connectivity index (χ1) is 8.69. The fourth-order valence-corrected chi connectivity index (χ4v) is 1.36. The smallest absolute Gasteiger partial charge is 0.407 e. The van der Waals surface area contributed by atoms with Crippen molar-refractivity contribution in [3.63, 3.8) is 0 Å². The maximum atomic E-state index is 10.9. The zero-order valence-electron chi connectivity index (χ0n) is 10.1. The highest BCUT2D eigenvalue weighted by atomic mass is 16.5. The molecule has 0 fully saturated rings. The van der Waals surface area contributed by atoms with Gasteiger partial charge in [-0.05, 0) is 19.1 Å². The van der Waals surface area contributed by atoms with E-state index in [9.17, 15) is 4.79 Å². The van der Waals surface area contributed by atoms with Gasteiger partial charge in [-0.3, -0.25) is 0 Å². The molecule has 1 aromatic heterocycles. The molecule has 0 spiro atoms. The van der Waals surface area contributed by atoms with Crippen molar-refractivity contribution in [2.24, 2.45) is 0 Å². The number of ether oxygens (including phenoxy) is 1. The summed E-state index contributed by atoms with van der Waals surface area (Å²) in [6.45, 7) is 2.15. The van der Waals surface area contributed by atoms with Gasteiger partial charge in [-0.25, -0.2) is 4.79 Å². The molecule has 2 rings (SSSR count). The molecule has 0 bridgehead atoms. The largest absolute Gasteiger partial charge is 0.453 e. The van der Waals surface area contributed by atoms with Crippen LogP contribution in [0.1, 0.15) is 11.5 Å². The van der Waals surface area contributed by atoms with Gasteiger partial charge < -0.3 is 14.5 Å². The van der Waals surface area contributed by atoms with E-state index in [1.165, 1.54) is 7.11 Å². The van der Waals surface area contributed by atoms with E-state index >= 15 is 0 Å². The van der Waals surface area contributed by atoms with Crippen LogP contribution in [0.4, 0.5) is 4.79 Å². The Kier molecular flexibility index (Phi) is 3.57. The van der Waals surface area contributed by atoms with Crippen molar-refractivity contribution >= 4 is 6.09 Å². The van der Waals surface area contributed by atoms with Crippen LogP contribution in [0.3, 0.4) is 0 Å². The van der Waals surface area contributed by atoms with Crippen LogP contribution in [0.2, 0.25) is 0 Å². The molecule has 6 heteroatoms. The maximum absolute atomic E-state index is 10.9. The average Bonchev–Trinajstić information content (AvgIpc) is 2.85. The second-order valence-corrected chi connectivity index (χ2v) is 3.71. The fraction of sp³-hybridized carbons (Fsp3) is 0.250. The van der Waals surface area contributed by atoms with Crippen LogP contribution in [0.15, 0.2) is 28.7 Å². The fourth-order valence-electron chi connectivity index (χ4n) is 1.36. The van der Waals surface area contributed by atoms with E-state index in [-0.39, 0.29) is 6.54 Å². The maximum Gasteiger partial charge on any atom is 0.407 e. The van der Waals surface area contributed by atoms with E-state index in [1.54, 1.807) is 0 Å². The molecule has 0 aliphatic carbocycles. The Bertz CT molecular complexity index is 534. The Morgan fingerprint density at radius 3 is 2.72 bits per heavy atom. The molecule has 1 N–H and O–H groups in total. The number of rotatable bonds is 3. The summed E-state index contributed by atoms with van der Waals surface area (Å²) in [6, 6.07) is 7.73. The van der Waals surface area contributed by atoms with Gasteiger partial charge in [0.15, 0.2) is 0 Å². The third kappa shape index (κ3) is 2.85. The first kappa shape index (κ1) is 12.1. The first-order valence-electron chi connectivity index (χ1n) is 5.40. The lowest BCUT2D eigenvalue weighted by Gasteiger charge is -1.98. The van der Waals surface area contributed by atoms with Crippen LogP contribution in [0.5, 0.6) is 0 Å². The molecule has 0 atom stereocenters. The van der Waals surface area contributed by atoms with Gasteiger partial charge in [0.25, 0.3) is 0 Å². The predicted molar refractivity (Wildman–Crippen MR) is 63.7 cm³/mol. The second kappa shape index (κ2) is 5.31. The minimum Gasteiger partial charge on any atom is -0.453 e. The molecule has 1 heterocycles. The van der Waals surface area contributed by atoms with Crippen molar-refractivity contribution in [2.75, 3.05) is 7.11 Å². The quantitative estimate of drug-likeness (QED) is 0.896. The van der Waals surface area contributed by atoms with Crippen LogP contribution < -0.4 is 5.32 Å². The normalized spacial score (nSPS) is 10.1. The summed E-state index contributed by atoms with van der Waals surface area (Å²) < 4.78 is 9.85. The zero-order valence-corrected chi connectivity index (χ0v) is 10.1. The minimum absolute atomic E-state index is 0.144. The molecule has 0 saturated carbocycles. The zero-order chi connectivity index (χ0) is 13.0. The summed E-state index contributed by atoms with van der Waals surface area (Å²) in [4.78, 5) is 10.9. The topological polar surface area (TPSA) is 77.2 Å². The SMILES string of the molecule is COC(=O)NCc1nnc(-c2ccc(C)cc2)o1. The van der Waals surface area contributed by atoms with Crippen molar-refractivity contribution in [1.29, 1.82) is 0 Å². The molecule has 0 radical (unpaired) electrons. The number of hydrogen-bond acceptors (Lipinski definition) is 5. The highest BCUT2D eigenvalue weighted by Crippen LogP contribution is 2.17. The lowest BCUT2D eigenvalue weighted by molar-refractivity contribution is 0.169. The summed E-state index contributed by atoms with van der Waals surface area (Å²) in [5.41, 5.74) is 2.00. The van der Waals surface area contributed by atoms with Crippen molar-refractivity contribution in [1.82, 2.24) is 15.5 Å². The Morgan fingerprint density at radius 1 is 1.33 bits per heavy atom. The van der Waals surface area contributed by atoms with Crippen molar-refractivity contribution in [2.45, 2.75) is 13.5 Å². The van der Waals surface area contributed by atoms with Gasteiger partial charge in [0.2, 0.25) is 11.8 Å². The second-order valence-electron chi connectivity index (χ2n) is 3.71. The summed E-state index contributed by atoms with van der Waals surface area (Å²) in [7, 11) is 1.29. The monoisotopic (exact) mass is 247 g/mol. The van der Waals surface area contributed by atoms with E-state index in [0.29, 0.717) is 11.8 Å². The standard InChI is InChI=1S/C12H13N3O3/c1-8-3-5-9(6-4-8)11-15-14-10(18-11)7-13-12(16)17-2/h3-6H,7H2,1-2H3,(H,13,16). The lowest BCUT2D eigenvalue weighted by atomic mass is 10.1. The summed E-state index contributed by atoms with van der Waals surface area (Å²) in [6.07, 6.45) is -0.537. The average molecular weight is 247 g/mol. The van der Waals surface area contributed by atoms with Gasteiger partial charge in [0, 0.05) is 5.56 Å². The molecule has 0 unspecified atom stereocenters. The van der Waals surface area contributed by atoms with Gasteiger partial charge in [0.1, 0.15) is 0 Å². The molecular weight excluding hydrogens is 234 g/mol. The number of aryl methyl sites for hydroxylation is 1. The lowest BCUT2D eigenvalue weighted by Crippen LogP contribution is -2.22. The van der Waals surface area contributed by atoms with Crippen LogP contribution in [-0.2, 0) is 11.3 Å². The Labute approximate surface area is 104 Å². The Balaban J connectivity index is 2.06. The van der Waals surface area contributed by atoms with Crippen LogP contribution >= 0.6 is 0 Å². The van der Waals surface area contributed by atoms with Gasteiger partial charge >= 0.3 is 6.09 Å². The number of nitrogens with zero attached hydrogens (tertiary/aromatic N) is 2. The molecule has 2 aromatic rings. The van der Waals surface area contributed by atoms with Gasteiger partial charge in [-0.2, -0.15) is 0 Å². The summed E-state index contributed by atoms with van der Waals surface area (Å²) >= 11 is 0. The Hall–Kier alpha value is -2.37. The number of nitrogens with one attached hydrogen (secondary N) is 1. The molecule has 6 nitrogen and oxygen atoms in total. The van der Waals surface area contributed by atoms with Crippen LogP contribution in [0, 0.1) is 6.92 Å². The van der Waals surface area contributed by atoms with Crippen LogP contribution in [-0.4, -0.2) is 23.4 Å². The summed E-state index contributed by atoms with van der Waals surface area (Å²) in [5, 5.41) is 10.2. The molecule has 0 aliphatic rings. The Morgan fingerprint density at radius 2 is 2.06 bits per heavy atom. The van der Waals surface area contributed by atoms with E-state index in [1.807, 2.05) is 31.2 Å². The summed E-state index contributed by atoms with van der Waals surface area (Å²) in [5.74, 6) is 0.757. The van der Waals surface area contributed by atoms with Crippen molar-refractivity contribution < 1.29 is 13.9 Å². The predicted octanol–water partition coefficient (Wildman–Crippen LogP) is 1.90. The number of carbonyl (C=O) groups excluding carboxylic acids is 1. The van der Waals surface area contributed by atoms with Crippen molar-refractivity contribution in [3.05, 3.63) is 35.7 Å². The molecule has 0 saturated heterocycles. The van der Waals surface area contributed by atoms with Gasteiger partial charge in [-0.1, -0.05) is 17.7 Å². The van der Waals surface area contributed by atoms with Crippen molar-refractivity contribution in [3.8, 4) is 11.5 Å². The number of carbonyl (C=O) groups is 1. The third-order valence-electron chi connectivity index (χ3n) is 2.33. The number of benzene rings is 1. The number of aromatic nitrogens is 2. The van der Waals surface area contributed by atoms with Gasteiger partial charge in [-0.15, -0.1) is 10.2 Å². The van der Waals surface area contributed by atoms with E-state index in [0.717, 1.165) is 11.1 Å². The molecule has 1 aromatic carbocycles. The van der Waals surface area contributed by atoms with E-state index in [2.05, 4.69) is 20.3 Å². The highest BCUT2D eigenvalue weighted by molar-refractivity contribution is 5.66. The molecule has 94 valence electrons. The number of hydrogen-bond donors (Lipinski definition) is 1. The van der Waals surface area contributed by atoms with E-state index < -0.39 is 6.09 Å². The molecule has 1 amide bonds. The molecular formula is C12H13N3O3. The molecule has 0 aliphatic heterocycles. The number of methoxy groups -OCH3 is 1. The number of amides is 1. The highest BCUT2D eigenvalue weighted by Gasteiger charge is 2.09. The molecule has 18 heavy (non-hydrogen) atoms. The number of alkyl carbamates (subject to hydrolysis) is 1. The first-order valence-corrected chi connectivity index (χ1v) is 5.40. The minimum atomic E-state index is -0.537. The van der Waals surface area contributed by atoms with Crippen LogP contribution in [0.25, 0.3) is 11.5 Å².